The van der Waals surface area contributed by atoms with E-state index in [4.69, 9.17) is 5.26 Å². The van der Waals surface area contributed by atoms with Crippen LogP contribution in [0.2, 0.25) is 0 Å². The molecular formula is C13H13F3N2O3S. The molecule has 1 aliphatic carbocycles. The number of halogens is 3. The molecule has 9 heteroatoms. The van der Waals surface area contributed by atoms with E-state index in [2.05, 4.69) is 9.46 Å². The predicted molar refractivity (Wildman–Crippen MR) is 70.2 cm³/mol. The van der Waals surface area contributed by atoms with E-state index in [-0.39, 0.29) is 10.8 Å². The van der Waals surface area contributed by atoms with E-state index in [0.717, 1.165) is 37.1 Å². The molecule has 5 nitrogen and oxygen atoms in total. The predicted octanol–water partition coefficient (Wildman–Crippen LogP) is 2.56. The molecule has 0 bridgehead atoms. The van der Waals surface area contributed by atoms with Crippen molar-refractivity contribution in [2.75, 3.05) is 0 Å². The van der Waals surface area contributed by atoms with Crippen molar-refractivity contribution in [1.29, 1.82) is 5.26 Å². The number of nitrogens with zero attached hydrogens (tertiary/aromatic N) is 1. The van der Waals surface area contributed by atoms with Crippen LogP contribution in [0.25, 0.3) is 0 Å². The summed E-state index contributed by atoms with van der Waals surface area (Å²) in [6.07, 6.45) is -3.33. The molecule has 1 atom stereocenters. The third-order valence-electron chi connectivity index (χ3n) is 3.34. The van der Waals surface area contributed by atoms with Gasteiger partial charge in [-0.3, -0.25) is 0 Å². The number of benzene rings is 1. The Morgan fingerprint density at radius 1 is 1.27 bits per heavy atom. The highest BCUT2D eigenvalue weighted by Gasteiger charge is 2.44. The Hall–Kier alpha value is -1.79. The zero-order valence-corrected chi connectivity index (χ0v) is 12.3. The maximum Gasteiger partial charge on any atom is 0.573 e. The van der Waals surface area contributed by atoms with Crippen LogP contribution in [0.15, 0.2) is 29.2 Å². The summed E-state index contributed by atoms with van der Waals surface area (Å²) in [5.74, 6) is -0.572. The van der Waals surface area contributed by atoms with Crippen LogP contribution in [-0.2, 0) is 10.0 Å². The SMILES string of the molecule is C[C@@](C#N)(NS(=O)(=O)c1ccc(OC(F)(F)F)cc1)C1CC1. The Kier molecular flexibility index (Phi) is 4.10. The van der Waals surface area contributed by atoms with E-state index in [9.17, 15) is 21.6 Å². The van der Waals surface area contributed by atoms with Crippen LogP contribution in [0.4, 0.5) is 13.2 Å². The smallest absolute Gasteiger partial charge is 0.406 e. The molecule has 2 rings (SSSR count). The molecule has 0 amide bonds. The molecule has 1 aromatic carbocycles. The van der Waals surface area contributed by atoms with E-state index in [0.29, 0.717) is 0 Å². The van der Waals surface area contributed by atoms with Crippen LogP contribution in [-0.4, -0.2) is 20.3 Å². The van der Waals surface area contributed by atoms with Crippen LogP contribution in [0.3, 0.4) is 0 Å². The number of alkyl halides is 3. The highest BCUT2D eigenvalue weighted by Crippen LogP contribution is 2.40. The Labute approximate surface area is 125 Å². The van der Waals surface area contributed by atoms with Crippen LogP contribution in [0.1, 0.15) is 19.8 Å². The number of hydrogen-bond donors (Lipinski definition) is 1. The van der Waals surface area contributed by atoms with Gasteiger partial charge in [0.05, 0.1) is 11.0 Å². The van der Waals surface area contributed by atoms with Crippen molar-refractivity contribution in [3.8, 4) is 11.8 Å². The average Bonchev–Trinajstić information content (AvgIpc) is 3.21. The minimum Gasteiger partial charge on any atom is -0.406 e. The van der Waals surface area contributed by atoms with Gasteiger partial charge in [0, 0.05) is 0 Å². The number of sulfonamides is 1. The number of nitriles is 1. The molecule has 1 fully saturated rings. The number of rotatable bonds is 5. The molecule has 22 heavy (non-hydrogen) atoms. The summed E-state index contributed by atoms with van der Waals surface area (Å²) in [6, 6.07) is 5.74. The van der Waals surface area contributed by atoms with Gasteiger partial charge >= 0.3 is 6.36 Å². The summed E-state index contributed by atoms with van der Waals surface area (Å²) in [5.41, 5.74) is -1.22. The first-order valence-electron chi connectivity index (χ1n) is 6.37. The number of nitrogens with one attached hydrogen (secondary N) is 1. The highest BCUT2D eigenvalue weighted by atomic mass is 32.2. The second-order valence-electron chi connectivity index (χ2n) is 5.21. The van der Waals surface area contributed by atoms with Crippen molar-refractivity contribution in [3.05, 3.63) is 24.3 Å². The van der Waals surface area contributed by atoms with Crippen molar-refractivity contribution in [2.45, 2.75) is 36.6 Å². The third kappa shape index (κ3) is 3.90. The van der Waals surface area contributed by atoms with Gasteiger partial charge < -0.3 is 4.74 Å². The zero-order valence-electron chi connectivity index (χ0n) is 11.5. The van der Waals surface area contributed by atoms with Gasteiger partial charge in [0.15, 0.2) is 0 Å². The standard InChI is InChI=1S/C13H13F3N2O3S/c1-12(8-17,9-2-3-9)18-22(19,20)11-6-4-10(5-7-11)21-13(14,15)16/h4-7,9,18H,2-3H2,1H3/t12-/m0/s1. The largest absolute Gasteiger partial charge is 0.573 e. The molecule has 0 unspecified atom stereocenters. The molecule has 0 spiro atoms. The maximum absolute atomic E-state index is 12.2. The van der Waals surface area contributed by atoms with Crippen molar-refractivity contribution < 1.29 is 26.3 Å². The first-order chi connectivity index (χ1) is 10.1. The fourth-order valence-electron chi connectivity index (χ4n) is 2.02. The molecule has 1 aliphatic rings. The van der Waals surface area contributed by atoms with E-state index < -0.39 is 27.7 Å². The van der Waals surface area contributed by atoms with Crippen LogP contribution in [0, 0.1) is 17.2 Å². The molecule has 0 heterocycles. The van der Waals surface area contributed by atoms with Gasteiger partial charge in [0.2, 0.25) is 10.0 Å². The summed E-state index contributed by atoms with van der Waals surface area (Å²) < 4.78 is 66.6. The van der Waals surface area contributed by atoms with Crippen molar-refractivity contribution in [2.24, 2.45) is 5.92 Å². The molecule has 0 aliphatic heterocycles. The van der Waals surface area contributed by atoms with Crippen molar-refractivity contribution >= 4 is 10.0 Å². The Morgan fingerprint density at radius 2 is 1.82 bits per heavy atom. The lowest BCUT2D eigenvalue weighted by atomic mass is 10.0. The quantitative estimate of drug-likeness (QED) is 0.897. The fourth-order valence-corrected chi connectivity index (χ4v) is 3.40. The van der Waals surface area contributed by atoms with Crippen molar-refractivity contribution in [1.82, 2.24) is 4.72 Å². The Balaban J connectivity index is 2.18. The maximum atomic E-state index is 12.2. The van der Waals surface area contributed by atoms with E-state index in [1.165, 1.54) is 6.92 Å². The monoisotopic (exact) mass is 334 g/mol. The zero-order chi connectivity index (χ0) is 16.6. The Bertz CT molecular complexity index is 691. The molecule has 1 N–H and O–H groups in total. The lowest BCUT2D eigenvalue weighted by molar-refractivity contribution is -0.274. The topological polar surface area (TPSA) is 79.2 Å². The lowest BCUT2D eigenvalue weighted by Gasteiger charge is -2.22. The van der Waals surface area contributed by atoms with E-state index >= 15 is 0 Å². The van der Waals surface area contributed by atoms with Crippen LogP contribution < -0.4 is 9.46 Å². The third-order valence-corrected chi connectivity index (χ3v) is 4.93. The summed E-state index contributed by atoms with van der Waals surface area (Å²) in [5, 5.41) is 9.16. The first kappa shape index (κ1) is 16.6. The van der Waals surface area contributed by atoms with Crippen molar-refractivity contribution in [3.63, 3.8) is 0 Å². The number of hydrogen-bond acceptors (Lipinski definition) is 4. The van der Waals surface area contributed by atoms with Gasteiger partial charge in [-0.25, -0.2) is 8.42 Å². The van der Waals surface area contributed by atoms with Gasteiger partial charge in [0.25, 0.3) is 0 Å². The molecular weight excluding hydrogens is 321 g/mol. The van der Waals surface area contributed by atoms with Gasteiger partial charge in [0.1, 0.15) is 11.3 Å². The van der Waals surface area contributed by atoms with Gasteiger partial charge in [-0.1, -0.05) is 0 Å². The van der Waals surface area contributed by atoms with E-state index in [1.54, 1.807) is 0 Å². The minimum atomic E-state index is -4.84. The van der Waals surface area contributed by atoms with Crippen LogP contribution >= 0.6 is 0 Å². The second kappa shape index (κ2) is 5.44. The van der Waals surface area contributed by atoms with E-state index in [1.807, 2.05) is 6.07 Å². The minimum absolute atomic E-state index is 0.0555. The second-order valence-corrected chi connectivity index (χ2v) is 6.90. The summed E-state index contributed by atoms with van der Waals surface area (Å²) >= 11 is 0. The van der Waals surface area contributed by atoms with Gasteiger partial charge in [-0.05, 0) is 49.9 Å². The lowest BCUT2D eigenvalue weighted by Crippen LogP contribution is -2.46. The number of ether oxygens (including phenoxy) is 1. The fraction of sp³-hybridized carbons (Fsp3) is 0.462. The summed E-state index contributed by atoms with van der Waals surface area (Å²) in [6.45, 7) is 1.49. The Morgan fingerprint density at radius 3 is 2.23 bits per heavy atom. The molecule has 1 aromatic rings. The molecule has 0 aromatic heterocycles. The molecule has 120 valence electrons. The highest BCUT2D eigenvalue weighted by molar-refractivity contribution is 7.89. The summed E-state index contributed by atoms with van der Waals surface area (Å²) in [7, 11) is -4.00. The summed E-state index contributed by atoms with van der Waals surface area (Å²) in [4.78, 5) is -0.232. The normalized spacial score (nSPS) is 18.3. The van der Waals surface area contributed by atoms with Crippen LogP contribution in [0.5, 0.6) is 5.75 Å². The average molecular weight is 334 g/mol. The first-order valence-corrected chi connectivity index (χ1v) is 7.85. The van der Waals surface area contributed by atoms with Gasteiger partial charge in [-0.2, -0.15) is 9.98 Å². The molecule has 1 saturated carbocycles. The van der Waals surface area contributed by atoms with Gasteiger partial charge in [-0.15, -0.1) is 13.2 Å². The molecule has 0 saturated heterocycles. The molecule has 0 radical (unpaired) electrons.